The Hall–Kier alpha value is -1.82. The number of carbonyl (C=O) groups excluding carboxylic acids is 1. The lowest BCUT2D eigenvalue weighted by atomic mass is 10.2. The lowest BCUT2D eigenvalue weighted by Crippen LogP contribution is -2.22. The predicted octanol–water partition coefficient (Wildman–Crippen LogP) is 2.33. The fraction of sp³-hybridized carbons (Fsp3) is 0.182. The molecule has 0 N–H and O–H groups in total. The second-order valence-corrected chi connectivity index (χ2v) is 4.43. The van der Waals surface area contributed by atoms with E-state index in [4.69, 9.17) is 0 Å². The van der Waals surface area contributed by atoms with E-state index in [1.165, 1.54) is 35.3 Å². The number of carbonyl (C=O) groups is 1. The summed E-state index contributed by atoms with van der Waals surface area (Å²) in [5, 5.41) is 8.92. The Morgan fingerprint density at radius 1 is 1.41 bits per heavy atom. The van der Waals surface area contributed by atoms with Crippen molar-refractivity contribution in [3.8, 4) is 10.6 Å². The molecule has 0 aliphatic carbocycles. The molecule has 0 saturated carbocycles. The third kappa shape index (κ3) is 2.47. The molecule has 0 saturated heterocycles. The number of hydrogen-bond acceptors (Lipinski definition) is 4. The molecule has 0 aliphatic rings. The van der Waals surface area contributed by atoms with Gasteiger partial charge in [-0.1, -0.05) is 23.5 Å². The Morgan fingerprint density at radius 3 is 2.82 bits per heavy atom. The Morgan fingerprint density at radius 2 is 2.18 bits per heavy atom. The minimum absolute atomic E-state index is 0.119. The van der Waals surface area contributed by atoms with Crippen LogP contribution in [0.3, 0.4) is 0 Å². The van der Waals surface area contributed by atoms with Crippen molar-refractivity contribution in [1.82, 2.24) is 10.2 Å². The molecule has 0 atom stereocenters. The highest BCUT2D eigenvalue weighted by molar-refractivity contribution is 7.18. The maximum Gasteiger partial charge on any atom is 0.225 e. The van der Waals surface area contributed by atoms with Gasteiger partial charge in [0.15, 0.2) is 0 Å². The molecule has 88 valence electrons. The van der Waals surface area contributed by atoms with Gasteiger partial charge in [-0.2, -0.15) is 0 Å². The van der Waals surface area contributed by atoms with Gasteiger partial charge in [-0.05, 0) is 12.1 Å². The predicted molar refractivity (Wildman–Crippen MR) is 64.4 cm³/mol. The van der Waals surface area contributed by atoms with Crippen molar-refractivity contribution >= 4 is 22.4 Å². The number of aromatic nitrogens is 2. The zero-order valence-corrected chi connectivity index (χ0v) is 10.2. The summed E-state index contributed by atoms with van der Waals surface area (Å²) >= 11 is 1.25. The Labute approximate surface area is 102 Å². The van der Waals surface area contributed by atoms with Gasteiger partial charge < -0.3 is 0 Å². The fourth-order valence-electron chi connectivity index (χ4n) is 1.22. The summed E-state index contributed by atoms with van der Waals surface area (Å²) in [5.74, 6) is -0.439. The molecule has 0 bridgehead atoms. The van der Waals surface area contributed by atoms with Crippen LogP contribution >= 0.6 is 11.3 Å². The molecule has 6 heteroatoms. The van der Waals surface area contributed by atoms with Crippen LogP contribution < -0.4 is 4.90 Å². The van der Waals surface area contributed by atoms with E-state index in [0.717, 1.165) is 0 Å². The van der Waals surface area contributed by atoms with E-state index in [1.54, 1.807) is 19.2 Å². The number of nitrogens with zero attached hydrogens (tertiary/aromatic N) is 3. The van der Waals surface area contributed by atoms with Gasteiger partial charge >= 0.3 is 0 Å². The number of hydrogen-bond donors (Lipinski definition) is 0. The van der Waals surface area contributed by atoms with Crippen LogP contribution in [-0.4, -0.2) is 23.2 Å². The lowest BCUT2D eigenvalue weighted by Gasteiger charge is -2.08. The fourth-order valence-corrected chi connectivity index (χ4v) is 2.07. The van der Waals surface area contributed by atoms with Crippen LogP contribution in [0.5, 0.6) is 0 Å². The molecule has 0 unspecified atom stereocenters. The third-order valence-corrected chi connectivity index (χ3v) is 3.29. The zero-order chi connectivity index (χ0) is 12.4. The molecule has 1 heterocycles. The molecule has 17 heavy (non-hydrogen) atoms. The second kappa shape index (κ2) is 4.58. The molecule has 4 nitrogen and oxygen atoms in total. The van der Waals surface area contributed by atoms with Crippen molar-refractivity contribution in [3.63, 3.8) is 0 Å². The van der Waals surface area contributed by atoms with E-state index < -0.39 is 0 Å². The van der Waals surface area contributed by atoms with Crippen molar-refractivity contribution in [3.05, 3.63) is 30.1 Å². The monoisotopic (exact) mass is 251 g/mol. The topological polar surface area (TPSA) is 46.1 Å². The van der Waals surface area contributed by atoms with Gasteiger partial charge in [-0.3, -0.25) is 9.69 Å². The van der Waals surface area contributed by atoms with E-state index >= 15 is 0 Å². The van der Waals surface area contributed by atoms with Crippen LogP contribution in [0, 0.1) is 5.82 Å². The summed E-state index contributed by atoms with van der Waals surface area (Å²) in [5.41, 5.74) is 0.658. The normalized spacial score (nSPS) is 10.3. The second-order valence-electron chi connectivity index (χ2n) is 3.48. The molecule has 2 aromatic rings. The van der Waals surface area contributed by atoms with Crippen LogP contribution in [-0.2, 0) is 4.79 Å². The molecule has 1 aromatic carbocycles. The summed E-state index contributed by atoms with van der Waals surface area (Å²) in [6.07, 6.45) is 0. The summed E-state index contributed by atoms with van der Waals surface area (Å²) in [7, 11) is 1.62. The van der Waals surface area contributed by atoms with Crippen LogP contribution in [0.2, 0.25) is 0 Å². The molecule has 0 fully saturated rings. The smallest absolute Gasteiger partial charge is 0.225 e. The number of anilines is 1. The maximum atomic E-state index is 13.0. The molecular formula is C11H10FN3OS. The first kappa shape index (κ1) is 11.7. The molecular weight excluding hydrogens is 241 g/mol. The van der Waals surface area contributed by atoms with Crippen molar-refractivity contribution in [2.45, 2.75) is 6.92 Å². The van der Waals surface area contributed by atoms with E-state index in [0.29, 0.717) is 15.7 Å². The SMILES string of the molecule is CC(=O)N(C)c1nnc(-c2cccc(F)c2)s1. The highest BCUT2D eigenvalue weighted by atomic mass is 32.1. The van der Waals surface area contributed by atoms with E-state index in [1.807, 2.05) is 0 Å². The van der Waals surface area contributed by atoms with Gasteiger partial charge in [-0.25, -0.2) is 4.39 Å². The quantitative estimate of drug-likeness (QED) is 0.823. The summed E-state index contributed by atoms with van der Waals surface area (Å²) in [6, 6.07) is 6.12. The van der Waals surface area contributed by atoms with E-state index in [-0.39, 0.29) is 11.7 Å². The third-order valence-electron chi connectivity index (χ3n) is 2.25. The molecule has 0 spiro atoms. The number of amides is 1. The van der Waals surface area contributed by atoms with Gasteiger partial charge in [0.05, 0.1) is 0 Å². The van der Waals surface area contributed by atoms with Crippen molar-refractivity contribution in [2.75, 3.05) is 11.9 Å². The minimum atomic E-state index is -0.320. The lowest BCUT2D eigenvalue weighted by molar-refractivity contribution is -0.116. The van der Waals surface area contributed by atoms with E-state index in [2.05, 4.69) is 10.2 Å². The highest BCUT2D eigenvalue weighted by Crippen LogP contribution is 2.28. The molecule has 1 amide bonds. The van der Waals surface area contributed by atoms with Crippen molar-refractivity contribution in [1.29, 1.82) is 0 Å². The summed E-state index contributed by atoms with van der Waals surface area (Å²) in [6.45, 7) is 1.45. The molecule has 2 rings (SSSR count). The van der Waals surface area contributed by atoms with Gasteiger partial charge in [0, 0.05) is 19.5 Å². The van der Waals surface area contributed by atoms with Crippen molar-refractivity contribution in [2.24, 2.45) is 0 Å². The Balaban J connectivity index is 2.33. The number of benzene rings is 1. The first-order valence-electron chi connectivity index (χ1n) is 4.91. The van der Waals surface area contributed by atoms with Crippen molar-refractivity contribution < 1.29 is 9.18 Å². The minimum Gasteiger partial charge on any atom is -0.290 e. The molecule has 1 aromatic heterocycles. The standard InChI is InChI=1S/C11H10FN3OS/c1-7(16)15(2)11-14-13-10(17-11)8-4-3-5-9(12)6-8/h3-6H,1-2H3. The van der Waals surface area contributed by atoms with Crippen LogP contribution in [0.25, 0.3) is 10.6 Å². The number of halogens is 1. The van der Waals surface area contributed by atoms with Gasteiger partial charge in [0.2, 0.25) is 11.0 Å². The van der Waals surface area contributed by atoms with E-state index in [9.17, 15) is 9.18 Å². The molecule has 0 radical (unpaired) electrons. The van der Waals surface area contributed by atoms with Gasteiger partial charge in [0.1, 0.15) is 10.8 Å². The largest absolute Gasteiger partial charge is 0.290 e. The Bertz CT molecular complexity index is 555. The zero-order valence-electron chi connectivity index (χ0n) is 9.35. The highest BCUT2D eigenvalue weighted by Gasteiger charge is 2.13. The maximum absolute atomic E-state index is 13.0. The van der Waals surface area contributed by atoms with Gasteiger partial charge in [-0.15, -0.1) is 10.2 Å². The summed E-state index contributed by atoms with van der Waals surface area (Å²) in [4.78, 5) is 12.6. The van der Waals surface area contributed by atoms with Crippen LogP contribution in [0.15, 0.2) is 24.3 Å². The first-order chi connectivity index (χ1) is 8.08. The van der Waals surface area contributed by atoms with Crippen LogP contribution in [0.1, 0.15) is 6.92 Å². The van der Waals surface area contributed by atoms with Crippen LogP contribution in [0.4, 0.5) is 9.52 Å². The molecule has 0 aliphatic heterocycles. The number of rotatable bonds is 2. The average Bonchev–Trinajstić information content (AvgIpc) is 2.77. The Kier molecular flexibility index (Phi) is 3.14. The van der Waals surface area contributed by atoms with Gasteiger partial charge in [0.25, 0.3) is 0 Å². The first-order valence-corrected chi connectivity index (χ1v) is 5.73. The summed E-state index contributed by atoms with van der Waals surface area (Å²) < 4.78 is 13.0. The average molecular weight is 251 g/mol.